The maximum Gasteiger partial charge on any atom is 0.330 e. The lowest BCUT2D eigenvalue weighted by Crippen LogP contribution is -2.58. The number of carbonyl (C=O) groups is 2. The smallest absolute Gasteiger partial charge is 0.330 e. The Labute approximate surface area is 158 Å². The molecule has 0 aromatic rings. The van der Waals surface area contributed by atoms with E-state index in [1.807, 2.05) is 6.92 Å². The summed E-state index contributed by atoms with van der Waals surface area (Å²) in [7, 11) is 0. The number of allylic oxidation sites excluding steroid dienone is 3. The second-order valence-corrected chi connectivity index (χ2v) is 8.30. The summed E-state index contributed by atoms with van der Waals surface area (Å²) in [6, 6.07) is -0.486. The second-order valence-electron chi connectivity index (χ2n) is 7.31. The third kappa shape index (κ3) is 5.11. The molecule has 3 aliphatic rings. The van der Waals surface area contributed by atoms with Crippen molar-refractivity contribution in [3.8, 4) is 0 Å². The van der Waals surface area contributed by atoms with Gasteiger partial charge in [0, 0.05) is 24.7 Å². The van der Waals surface area contributed by atoms with Crippen LogP contribution in [0, 0.1) is 0 Å². The molecule has 1 amide bonds. The summed E-state index contributed by atoms with van der Waals surface area (Å²) in [6.07, 6.45) is 10.4. The van der Waals surface area contributed by atoms with E-state index in [1.165, 1.54) is 6.08 Å². The second kappa shape index (κ2) is 8.59. The molecule has 7 heteroatoms. The molecule has 0 radical (unpaired) electrons. The van der Waals surface area contributed by atoms with Crippen molar-refractivity contribution in [3.05, 3.63) is 23.8 Å². The number of aliphatic hydroxyl groups is 1. The fourth-order valence-electron chi connectivity index (χ4n) is 3.69. The van der Waals surface area contributed by atoms with Crippen LogP contribution in [0.15, 0.2) is 23.8 Å². The monoisotopic (exact) mass is 381 g/mol. The molecule has 0 aromatic carbocycles. The molecular weight excluding hydrogens is 354 g/mol. The molecule has 2 saturated heterocycles. The van der Waals surface area contributed by atoms with Crippen LogP contribution in [0.4, 0.5) is 4.79 Å². The summed E-state index contributed by atoms with van der Waals surface area (Å²) in [5.41, 5.74) is 0.982. The summed E-state index contributed by atoms with van der Waals surface area (Å²) in [6.45, 7) is 1.93. The Kier molecular flexibility index (Phi) is 6.42. The first-order chi connectivity index (χ1) is 12.4. The Balaban J connectivity index is 1.76. The molecule has 2 fully saturated rings. The molecule has 0 saturated carbocycles. The zero-order chi connectivity index (χ0) is 18.6. The Morgan fingerprint density at radius 3 is 2.85 bits per heavy atom. The van der Waals surface area contributed by atoms with E-state index >= 15 is 0 Å². The highest BCUT2D eigenvalue weighted by Crippen LogP contribution is 2.36. The van der Waals surface area contributed by atoms with Crippen LogP contribution in [0.5, 0.6) is 0 Å². The van der Waals surface area contributed by atoms with Gasteiger partial charge in [-0.05, 0) is 39.0 Å². The van der Waals surface area contributed by atoms with Gasteiger partial charge in [-0.25, -0.2) is 4.79 Å². The Morgan fingerprint density at radius 1 is 1.27 bits per heavy atom. The van der Waals surface area contributed by atoms with E-state index in [2.05, 4.69) is 17.5 Å². The molecule has 2 N–H and O–H groups in total. The van der Waals surface area contributed by atoms with E-state index in [1.54, 1.807) is 0 Å². The number of hydrogen-bond acceptors (Lipinski definition) is 6. The van der Waals surface area contributed by atoms with Crippen LogP contribution < -0.4 is 5.32 Å². The van der Waals surface area contributed by atoms with Gasteiger partial charge in [-0.1, -0.05) is 29.5 Å². The van der Waals surface area contributed by atoms with Gasteiger partial charge in [-0.3, -0.25) is 4.79 Å². The van der Waals surface area contributed by atoms with Crippen LogP contribution in [0.2, 0.25) is 0 Å². The van der Waals surface area contributed by atoms with Crippen molar-refractivity contribution < 1.29 is 24.2 Å². The number of hydrogen-bond donors (Lipinski definition) is 2. The van der Waals surface area contributed by atoms with E-state index in [4.69, 9.17) is 9.47 Å². The zero-order valence-corrected chi connectivity index (χ0v) is 15.9. The summed E-state index contributed by atoms with van der Waals surface area (Å²) < 4.78 is 11.6. The Hall–Kier alpha value is -1.31. The molecule has 144 valence electrons. The first-order valence-corrected chi connectivity index (χ1v) is 10.3. The number of esters is 1. The number of ether oxygens (including phenoxy) is 2. The third-order valence-corrected chi connectivity index (χ3v) is 5.93. The molecule has 3 aliphatic heterocycles. The fraction of sp³-hybridized carbons (Fsp3) is 0.684. The van der Waals surface area contributed by atoms with Crippen LogP contribution in [0.25, 0.3) is 0 Å². The van der Waals surface area contributed by atoms with Gasteiger partial charge in [-0.15, -0.1) is 0 Å². The molecule has 4 atom stereocenters. The maximum atomic E-state index is 12.2. The van der Waals surface area contributed by atoms with Crippen molar-refractivity contribution in [2.45, 2.75) is 75.9 Å². The number of amides is 1. The van der Waals surface area contributed by atoms with Gasteiger partial charge in [0.2, 0.25) is 0 Å². The van der Waals surface area contributed by atoms with Gasteiger partial charge >= 0.3 is 5.97 Å². The minimum atomic E-state index is -1.50. The molecule has 26 heavy (non-hydrogen) atoms. The highest BCUT2D eigenvalue weighted by molar-refractivity contribution is 8.14. The predicted octanol–water partition coefficient (Wildman–Crippen LogP) is 3.06. The summed E-state index contributed by atoms with van der Waals surface area (Å²) in [5.74, 6) is -1.43. The molecule has 1 unspecified atom stereocenters. The number of thioether (sulfide) groups is 1. The van der Waals surface area contributed by atoms with Crippen LogP contribution in [-0.2, 0) is 14.3 Å². The Morgan fingerprint density at radius 2 is 2.08 bits per heavy atom. The molecule has 0 aromatic heterocycles. The number of fused-ring (bicyclic) bond motifs is 2. The fourth-order valence-corrected chi connectivity index (χ4v) is 4.58. The van der Waals surface area contributed by atoms with Crippen molar-refractivity contribution in [2.24, 2.45) is 0 Å². The van der Waals surface area contributed by atoms with Crippen LogP contribution in [0.3, 0.4) is 0 Å². The number of rotatable bonds is 1. The molecular formula is C19H27NO5S. The summed E-state index contributed by atoms with van der Waals surface area (Å²) in [5, 5.41) is 13.7. The van der Waals surface area contributed by atoms with Gasteiger partial charge in [0.15, 0.2) is 5.79 Å². The predicted molar refractivity (Wildman–Crippen MR) is 99.7 cm³/mol. The molecule has 0 aliphatic carbocycles. The number of carbonyl (C=O) groups excluding carboxylic acids is 2. The van der Waals surface area contributed by atoms with Crippen molar-refractivity contribution in [1.29, 1.82) is 0 Å². The highest BCUT2D eigenvalue weighted by atomic mass is 32.2. The van der Waals surface area contributed by atoms with E-state index in [0.29, 0.717) is 12.2 Å². The van der Waals surface area contributed by atoms with Gasteiger partial charge in [-0.2, -0.15) is 0 Å². The molecule has 6 nitrogen and oxygen atoms in total. The lowest BCUT2D eigenvalue weighted by molar-refractivity contribution is -0.283. The van der Waals surface area contributed by atoms with Crippen LogP contribution >= 0.6 is 11.8 Å². The molecule has 0 spiro atoms. The molecule has 3 heterocycles. The normalized spacial score (nSPS) is 36.7. The maximum absolute atomic E-state index is 12.2. The average molecular weight is 381 g/mol. The minimum Gasteiger partial charge on any atom is -0.459 e. The topological polar surface area (TPSA) is 84.9 Å². The van der Waals surface area contributed by atoms with Gasteiger partial charge in [0.25, 0.3) is 5.24 Å². The molecule has 2 bridgehead atoms. The zero-order valence-electron chi connectivity index (χ0n) is 15.1. The SMILES string of the molecule is CC1=CC(=O)O[C@@H]2C[C@@H](CCCC=CCC1)O[C@@](O)(C1CSC(=O)N1)C2. The van der Waals surface area contributed by atoms with E-state index in [-0.39, 0.29) is 23.7 Å². The van der Waals surface area contributed by atoms with Crippen molar-refractivity contribution >= 4 is 23.0 Å². The minimum absolute atomic E-state index is 0.159. The standard InChI is InChI=1S/C19H27NO5S/c1-13-7-5-3-2-4-6-8-14-10-15(24-17(21)9-13)11-19(23,25-14)16-12-26-18(22)20-16/h2-3,9,14-16,23H,4-8,10-12H2,1H3,(H,20,22)/t14-,15-,16?,19-/m1/s1. The highest BCUT2D eigenvalue weighted by Gasteiger charge is 2.49. The van der Waals surface area contributed by atoms with Crippen molar-refractivity contribution in [2.75, 3.05) is 5.75 Å². The lowest BCUT2D eigenvalue weighted by atomic mass is 9.91. The van der Waals surface area contributed by atoms with Crippen LogP contribution in [0.1, 0.15) is 51.9 Å². The summed E-state index contributed by atoms with van der Waals surface area (Å²) in [4.78, 5) is 23.8. The van der Waals surface area contributed by atoms with E-state index in [9.17, 15) is 14.7 Å². The average Bonchev–Trinajstić information content (AvgIpc) is 3.00. The first-order valence-electron chi connectivity index (χ1n) is 9.31. The van der Waals surface area contributed by atoms with Crippen LogP contribution in [-0.4, -0.2) is 46.1 Å². The Bertz CT molecular complexity index is 605. The van der Waals surface area contributed by atoms with E-state index < -0.39 is 17.9 Å². The third-order valence-electron chi connectivity index (χ3n) is 5.05. The quantitative estimate of drug-likeness (QED) is 0.536. The van der Waals surface area contributed by atoms with Crippen molar-refractivity contribution in [1.82, 2.24) is 5.32 Å². The van der Waals surface area contributed by atoms with Gasteiger partial charge < -0.3 is 19.9 Å². The number of nitrogens with one attached hydrogen (secondary N) is 1. The van der Waals surface area contributed by atoms with Gasteiger partial charge in [0.1, 0.15) is 6.10 Å². The van der Waals surface area contributed by atoms with Gasteiger partial charge in [0.05, 0.1) is 12.1 Å². The molecule has 3 rings (SSSR count). The first kappa shape index (κ1) is 19.5. The summed E-state index contributed by atoms with van der Waals surface area (Å²) >= 11 is 1.14. The van der Waals surface area contributed by atoms with Crippen molar-refractivity contribution in [3.63, 3.8) is 0 Å². The lowest BCUT2D eigenvalue weighted by Gasteiger charge is -2.43. The largest absolute Gasteiger partial charge is 0.459 e. The van der Waals surface area contributed by atoms with E-state index in [0.717, 1.165) is 49.4 Å².